The van der Waals surface area contributed by atoms with Crippen LogP contribution in [0.15, 0.2) is 36.4 Å². The van der Waals surface area contributed by atoms with Crippen LogP contribution in [0.2, 0.25) is 0 Å². The number of fused-ring (bicyclic) bond motifs is 1. The van der Waals surface area contributed by atoms with E-state index in [0.717, 1.165) is 22.4 Å². The van der Waals surface area contributed by atoms with Crippen LogP contribution in [0.4, 0.5) is 5.69 Å². The smallest absolute Gasteiger partial charge is 0.189 e. The molecule has 0 radical (unpaired) electrons. The summed E-state index contributed by atoms with van der Waals surface area (Å²) in [4.78, 5) is 0. The van der Waals surface area contributed by atoms with Gasteiger partial charge in [0, 0.05) is 22.4 Å². The van der Waals surface area contributed by atoms with E-state index in [1.165, 1.54) is 0 Å². The van der Waals surface area contributed by atoms with Gasteiger partial charge >= 0.3 is 0 Å². The lowest BCUT2D eigenvalue weighted by Crippen LogP contribution is -2.14. The quantitative estimate of drug-likeness (QED) is 0.843. The Morgan fingerprint density at radius 1 is 1.19 bits per heavy atom. The molecule has 0 atom stereocenters. The maximum absolute atomic E-state index is 9.31. The molecule has 2 aromatic carbocycles. The molecule has 5 heteroatoms. The maximum atomic E-state index is 9.31. The Morgan fingerprint density at radius 3 is 2.90 bits per heavy atom. The Balaban J connectivity index is 1.83. The van der Waals surface area contributed by atoms with Crippen LogP contribution in [-0.2, 0) is 24.6 Å². The fourth-order valence-corrected chi connectivity index (χ4v) is 2.36. The van der Waals surface area contributed by atoms with Gasteiger partial charge in [-0.25, -0.2) is 0 Å². The van der Waals surface area contributed by atoms with Crippen LogP contribution in [0.5, 0.6) is 11.5 Å². The molecular formula is C16H17NO4. The Morgan fingerprint density at radius 2 is 2.05 bits per heavy atom. The summed E-state index contributed by atoms with van der Waals surface area (Å²) in [5.41, 5.74) is 9.10. The lowest BCUT2D eigenvalue weighted by molar-refractivity contribution is -0.0175. The van der Waals surface area contributed by atoms with E-state index in [9.17, 15) is 5.11 Å². The lowest BCUT2D eigenvalue weighted by Gasteiger charge is -2.21. The third-order valence-corrected chi connectivity index (χ3v) is 3.34. The van der Waals surface area contributed by atoms with Gasteiger partial charge in [0.25, 0.3) is 0 Å². The highest BCUT2D eigenvalue weighted by atomic mass is 16.7. The molecule has 1 aliphatic heterocycles. The average molecular weight is 287 g/mol. The number of hydrogen-bond acceptors (Lipinski definition) is 5. The van der Waals surface area contributed by atoms with E-state index < -0.39 is 0 Å². The number of benzene rings is 2. The molecule has 0 unspecified atom stereocenters. The van der Waals surface area contributed by atoms with Crippen molar-refractivity contribution in [3.8, 4) is 11.5 Å². The Bertz CT molecular complexity index is 642. The van der Waals surface area contributed by atoms with Gasteiger partial charge in [0.15, 0.2) is 6.79 Å². The Kier molecular flexibility index (Phi) is 3.94. The molecule has 0 saturated heterocycles. The van der Waals surface area contributed by atoms with Gasteiger partial charge in [0.1, 0.15) is 18.1 Å². The number of nitrogen functional groups attached to an aromatic ring is 1. The molecule has 0 aromatic heterocycles. The second kappa shape index (κ2) is 6.03. The summed E-state index contributed by atoms with van der Waals surface area (Å²) in [6.07, 6.45) is 0. The van der Waals surface area contributed by atoms with Crippen LogP contribution < -0.4 is 15.2 Å². The van der Waals surface area contributed by atoms with Crippen molar-refractivity contribution in [2.45, 2.75) is 19.8 Å². The first kappa shape index (κ1) is 13.7. The van der Waals surface area contributed by atoms with Crippen LogP contribution in [0, 0.1) is 0 Å². The summed E-state index contributed by atoms with van der Waals surface area (Å²) >= 11 is 0. The highest BCUT2D eigenvalue weighted by molar-refractivity contribution is 5.53. The fraction of sp³-hybridized carbons (Fsp3) is 0.250. The van der Waals surface area contributed by atoms with Gasteiger partial charge in [-0.3, -0.25) is 0 Å². The van der Waals surface area contributed by atoms with Crippen molar-refractivity contribution in [3.63, 3.8) is 0 Å². The molecule has 3 rings (SSSR count). The molecule has 0 spiro atoms. The molecule has 0 aliphatic carbocycles. The van der Waals surface area contributed by atoms with E-state index in [0.29, 0.717) is 24.7 Å². The standard InChI is InChI=1S/C16H17NO4/c17-14-5-12-8-19-10-21-16(12)13(6-14)9-20-15-4-2-1-3-11(15)7-18/h1-6,18H,7-10,17H2. The number of para-hydroxylation sites is 1. The molecule has 2 aromatic rings. The first-order valence-electron chi connectivity index (χ1n) is 6.71. The number of ether oxygens (including phenoxy) is 3. The summed E-state index contributed by atoms with van der Waals surface area (Å²) in [5.74, 6) is 1.43. The summed E-state index contributed by atoms with van der Waals surface area (Å²) < 4.78 is 16.6. The third-order valence-electron chi connectivity index (χ3n) is 3.34. The number of anilines is 1. The van der Waals surface area contributed by atoms with Gasteiger partial charge in [-0.2, -0.15) is 0 Å². The number of aliphatic hydroxyl groups is 1. The molecule has 0 fully saturated rings. The zero-order chi connectivity index (χ0) is 14.7. The van der Waals surface area contributed by atoms with E-state index in [1.807, 2.05) is 36.4 Å². The largest absolute Gasteiger partial charge is 0.488 e. The molecular weight excluding hydrogens is 270 g/mol. The predicted octanol–water partition coefficient (Wildman–Crippen LogP) is 2.21. The van der Waals surface area contributed by atoms with E-state index in [4.69, 9.17) is 19.9 Å². The zero-order valence-electron chi connectivity index (χ0n) is 11.5. The minimum absolute atomic E-state index is 0.0600. The van der Waals surface area contributed by atoms with Gasteiger partial charge in [-0.05, 0) is 18.2 Å². The minimum atomic E-state index is -0.0600. The molecule has 0 saturated carbocycles. The molecule has 5 nitrogen and oxygen atoms in total. The van der Waals surface area contributed by atoms with Crippen LogP contribution in [0.25, 0.3) is 0 Å². The minimum Gasteiger partial charge on any atom is -0.488 e. The van der Waals surface area contributed by atoms with Crippen LogP contribution in [0.3, 0.4) is 0 Å². The highest BCUT2D eigenvalue weighted by Gasteiger charge is 2.16. The SMILES string of the molecule is Nc1cc2c(c(COc3ccccc3CO)c1)OCOC2. The van der Waals surface area contributed by atoms with E-state index in [1.54, 1.807) is 0 Å². The maximum Gasteiger partial charge on any atom is 0.189 e. The second-order valence-corrected chi connectivity index (χ2v) is 4.83. The first-order valence-corrected chi connectivity index (χ1v) is 6.71. The Hall–Kier alpha value is -2.24. The summed E-state index contributed by atoms with van der Waals surface area (Å²) in [7, 11) is 0. The predicted molar refractivity (Wildman–Crippen MR) is 77.8 cm³/mol. The number of aliphatic hydroxyl groups excluding tert-OH is 1. The normalized spacial score (nSPS) is 13.4. The first-order chi connectivity index (χ1) is 10.3. The van der Waals surface area contributed by atoms with Gasteiger partial charge in [-0.15, -0.1) is 0 Å². The van der Waals surface area contributed by atoms with Gasteiger partial charge in [-0.1, -0.05) is 18.2 Å². The van der Waals surface area contributed by atoms with Gasteiger partial charge < -0.3 is 25.1 Å². The van der Waals surface area contributed by atoms with Crippen molar-refractivity contribution in [1.82, 2.24) is 0 Å². The van der Waals surface area contributed by atoms with E-state index in [-0.39, 0.29) is 13.4 Å². The lowest BCUT2D eigenvalue weighted by atomic mass is 10.1. The van der Waals surface area contributed by atoms with E-state index in [2.05, 4.69) is 0 Å². The van der Waals surface area contributed by atoms with Gasteiger partial charge in [0.05, 0.1) is 13.2 Å². The average Bonchev–Trinajstić information content (AvgIpc) is 2.52. The van der Waals surface area contributed by atoms with Crippen molar-refractivity contribution < 1.29 is 19.3 Å². The monoisotopic (exact) mass is 287 g/mol. The molecule has 1 aliphatic rings. The summed E-state index contributed by atoms with van der Waals surface area (Å²) in [6.45, 7) is 0.984. The summed E-state index contributed by atoms with van der Waals surface area (Å²) in [6, 6.07) is 11.1. The molecule has 0 bridgehead atoms. The van der Waals surface area contributed by atoms with Crippen molar-refractivity contribution in [3.05, 3.63) is 53.1 Å². The number of hydrogen-bond donors (Lipinski definition) is 2. The Labute approximate surface area is 122 Å². The molecule has 3 N–H and O–H groups in total. The fourth-order valence-electron chi connectivity index (χ4n) is 2.36. The zero-order valence-corrected chi connectivity index (χ0v) is 11.5. The van der Waals surface area contributed by atoms with Crippen LogP contribution in [0.1, 0.15) is 16.7 Å². The van der Waals surface area contributed by atoms with Crippen molar-refractivity contribution in [2.75, 3.05) is 12.5 Å². The van der Waals surface area contributed by atoms with E-state index >= 15 is 0 Å². The second-order valence-electron chi connectivity index (χ2n) is 4.83. The topological polar surface area (TPSA) is 73.9 Å². The van der Waals surface area contributed by atoms with Gasteiger partial charge in [0.2, 0.25) is 0 Å². The molecule has 0 amide bonds. The highest BCUT2D eigenvalue weighted by Crippen LogP contribution is 2.32. The molecule has 21 heavy (non-hydrogen) atoms. The molecule has 110 valence electrons. The molecule has 1 heterocycles. The summed E-state index contributed by atoms with van der Waals surface area (Å²) in [5, 5.41) is 9.31. The van der Waals surface area contributed by atoms with Crippen molar-refractivity contribution in [2.24, 2.45) is 0 Å². The van der Waals surface area contributed by atoms with Crippen LogP contribution in [-0.4, -0.2) is 11.9 Å². The third kappa shape index (κ3) is 2.94. The van der Waals surface area contributed by atoms with Crippen molar-refractivity contribution in [1.29, 1.82) is 0 Å². The van der Waals surface area contributed by atoms with Crippen LogP contribution >= 0.6 is 0 Å². The van der Waals surface area contributed by atoms with Crippen molar-refractivity contribution >= 4 is 5.69 Å². The number of nitrogens with two attached hydrogens (primary N) is 1. The number of rotatable bonds is 4.